The molecule has 0 rings (SSSR count). The molecule has 0 aromatic heterocycles. The van der Waals surface area contributed by atoms with E-state index in [1.54, 1.807) is 0 Å². The smallest absolute Gasteiger partial charge is 0.0122 e. The molecule has 26 heavy (non-hydrogen) atoms. The fraction of sp³-hybridized carbons (Fsp3) is 1.00. The van der Waals surface area contributed by atoms with Crippen LogP contribution in [0.5, 0.6) is 0 Å². The highest BCUT2D eigenvalue weighted by Crippen LogP contribution is 2.43. The molecule has 158 valence electrons. The van der Waals surface area contributed by atoms with E-state index >= 15 is 0 Å². The molecule has 0 heterocycles. The van der Waals surface area contributed by atoms with Crippen LogP contribution in [0.2, 0.25) is 0 Å². The van der Waals surface area contributed by atoms with Gasteiger partial charge in [-0.25, -0.2) is 0 Å². The average Bonchev–Trinajstić information content (AvgIpc) is 2.65. The van der Waals surface area contributed by atoms with E-state index in [9.17, 15) is 0 Å². The van der Waals surface area contributed by atoms with E-state index in [0.29, 0.717) is 5.16 Å². The number of unbranched alkanes of at least 4 members (excludes halogenated alkanes) is 11. The van der Waals surface area contributed by atoms with E-state index in [1.807, 2.05) is 0 Å². The Morgan fingerprint density at radius 3 is 1.35 bits per heavy atom. The lowest BCUT2D eigenvalue weighted by Crippen LogP contribution is -2.31. The molecule has 0 aliphatic rings. The van der Waals surface area contributed by atoms with Crippen LogP contribution in [0.3, 0.4) is 0 Å². The standard InChI is InChI=1S/C25H53P/c1-5-9-12-13-14-15-16-17-18-19-21-24(20-8-4)25(26,22-10-6-2)23-11-7-3/h24H,5-23,26H2,1-4H3. The summed E-state index contributed by atoms with van der Waals surface area (Å²) in [6, 6.07) is 0. The van der Waals surface area contributed by atoms with Crippen molar-refractivity contribution in [1.29, 1.82) is 0 Å². The summed E-state index contributed by atoms with van der Waals surface area (Å²) in [5.74, 6) is 0.935. The first-order chi connectivity index (χ1) is 12.6. The van der Waals surface area contributed by atoms with E-state index in [2.05, 4.69) is 36.9 Å². The number of hydrogen-bond donors (Lipinski definition) is 0. The molecule has 2 unspecified atom stereocenters. The first kappa shape index (κ1) is 26.4. The van der Waals surface area contributed by atoms with Crippen molar-refractivity contribution < 1.29 is 0 Å². The maximum Gasteiger partial charge on any atom is -0.0122 e. The van der Waals surface area contributed by atoms with Gasteiger partial charge in [-0.1, -0.05) is 124 Å². The highest BCUT2D eigenvalue weighted by molar-refractivity contribution is 7.19. The Hall–Kier alpha value is 0.430. The molecule has 0 fully saturated rings. The molecule has 2 atom stereocenters. The van der Waals surface area contributed by atoms with Crippen molar-refractivity contribution in [2.75, 3.05) is 0 Å². The maximum atomic E-state index is 3.37. The summed E-state index contributed by atoms with van der Waals surface area (Å²) in [5.41, 5.74) is 0. The van der Waals surface area contributed by atoms with Gasteiger partial charge in [0.25, 0.3) is 0 Å². The quantitative estimate of drug-likeness (QED) is 0.145. The van der Waals surface area contributed by atoms with Crippen LogP contribution in [0, 0.1) is 5.92 Å². The zero-order valence-corrected chi connectivity index (χ0v) is 20.2. The second-order valence-electron chi connectivity index (χ2n) is 8.90. The Bertz CT molecular complexity index is 265. The Labute approximate surface area is 170 Å². The third-order valence-electron chi connectivity index (χ3n) is 6.35. The summed E-state index contributed by atoms with van der Waals surface area (Å²) in [6.45, 7) is 9.39. The van der Waals surface area contributed by atoms with Crippen LogP contribution >= 0.6 is 9.24 Å². The minimum atomic E-state index is 0.529. The molecule has 0 aromatic rings. The zero-order valence-electron chi connectivity index (χ0n) is 19.1. The minimum Gasteiger partial charge on any atom is -0.131 e. The van der Waals surface area contributed by atoms with Crippen LogP contribution in [-0.2, 0) is 0 Å². The van der Waals surface area contributed by atoms with Crippen LogP contribution in [0.4, 0.5) is 0 Å². The Balaban J connectivity index is 4.10. The average molecular weight is 385 g/mol. The Kier molecular flexibility index (Phi) is 19.1. The summed E-state index contributed by atoms with van der Waals surface area (Å²) < 4.78 is 0. The highest BCUT2D eigenvalue weighted by Gasteiger charge is 2.32. The number of rotatable bonds is 20. The minimum absolute atomic E-state index is 0.529. The van der Waals surface area contributed by atoms with Gasteiger partial charge in [-0.15, -0.1) is 9.24 Å². The van der Waals surface area contributed by atoms with E-state index in [4.69, 9.17) is 0 Å². The normalized spacial score (nSPS) is 13.3. The fourth-order valence-corrected chi connectivity index (χ4v) is 5.23. The molecule has 0 amide bonds. The van der Waals surface area contributed by atoms with E-state index in [1.165, 1.54) is 122 Å². The monoisotopic (exact) mass is 384 g/mol. The molecule has 0 aliphatic heterocycles. The van der Waals surface area contributed by atoms with Gasteiger partial charge in [0.15, 0.2) is 0 Å². The van der Waals surface area contributed by atoms with Crippen molar-refractivity contribution in [2.45, 2.75) is 155 Å². The van der Waals surface area contributed by atoms with Crippen molar-refractivity contribution >= 4 is 9.24 Å². The van der Waals surface area contributed by atoms with Gasteiger partial charge in [0.2, 0.25) is 0 Å². The second-order valence-corrected chi connectivity index (χ2v) is 10.0. The van der Waals surface area contributed by atoms with Gasteiger partial charge in [-0.2, -0.15) is 0 Å². The van der Waals surface area contributed by atoms with Crippen molar-refractivity contribution in [3.63, 3.8) is 0 Å². The molecule has 1 heteroatoms. The van der Waals surface area contributed by atoms with E-state index in [-0.39, 0.29) is 0 Å². The summed E-state index contributed by atoms with van der Waals surface area (Å²) in [5, 5.41) is 0.529. The predicted molar refractivity (Wildman–Crippen MR) is 126 cm³/mol. The lowest BCUT2D eigenvalue weighted by Gasteiger charge is -2.38. The molecule has 0 aromatic carbocycles. The van der Waals surface area contributed by atoms with Gasteiger partial charge in [-0.3, -0.25) is 0 Å². The Morgan fingerprint density at radius 2 is 0.923 bits per heavy atom. The molecular formula is C25H53P. The van der Waals surface area contributed by atoms with E-state index < -0.39 is 0 Å². The van der Waals surface area contributed by atoms with Crippen LogP contribution in [0.15, 0.2) is 0 Å². The fourth-order valence-electron chi connectivity index (χ4n) is 4.49. The van der Waals surface area contributed by atoms with Crippen LogP contribution in [0.25, 0.3) is 0 Å². The highest BCUT2D eigenvalue weighted by atomic mass is 31.0. The second kappa shape index (κ2) is 18.8. The van der Waals surface area contributed by atoms with Crippen molar-refractivity contribution in [3.05, 3.63) is 0 Å². The van der Waals surface area contributed by atoms with Crippen molar-refractivity contribution in [2.24, 2.45) is 5.92 Å². The Morgan fingerprint density at radius 1 is 0.500 bits per heavy atom. The molecule has 0 aliphatic carbocycles. The zero-order chi connectivity index (χ0) is 19.5. The molecule has 0 saturated carbocycles. The molecular weight excluding hydrogens is 331 g/mol. The van der Waals surface area contributed by atoms with Gasteiger partial charge in [0, 0.05) is 0 Å². The van der Waals surface area contributed by atoms with Gasteiger partial charge < -0.3 is 0 Å². The molecule has 0 saturated heterocycles. The number of hydrogen-bond acceptors (Lipinski definition) is 0. The molecule has 0 spiro atoms. The van der Waals surface area contributed by atoms with Crippen molar-refractivity contribution in [3.8, 4) is 0 Å². The topological polar surface area (TPSA) is 0 Å². The van der Waals surface area contributed by atoms with Crippen LogP contribution < -0.4 is 0 Å². The summed E-state index contributed by atoms with van der Waals surface area (Å²) in [6.07, 6.45) is 27.2. The van der Waals surface area contributed by atoms with Crippen LogP contribution in [-0.4, -0.2) is 5.16 Å². The summed E-state index contributed by atoms with van der Waals surface area (Å²) in [4.78, 5) is 0. The third kappa shape index (κ3) is 13.6. The summed E-state index contributed by atoms with van der Waals surface area (Å²) >= 11 is 0. The lowest BCUT2D eigenvalue weighted by molar-refractivity contribution is 0.278. The SMILES string of the molecule is CCCCCCCCCCCCC(CCC)C(P)(CCCC)CCCC. The van der Waals surface area contributed by atoms with E-state index in [0.717, 1.165) is 5.92 Å². The van der Waals surface area contributed by atoms with Crippen molar-refractivity contribution in [1.82, 2.24) is 0 Å². The maximum absolute atomic E-state index is 3.37. The predicted octanol–water partition coefficient (Wildman–Crippen LogP) is 9.71. The third-order valence-corrected chi connectivity index (χ3v) is 7.40. The van der Waals surface area contributed by atoms with Crippen LogP contribution in [0.1, 0.15) is 150 Å². The first-order valence-electron chi connectivity index (χ1n) is 12.4. The molecule has 0 radical (unpaired) electrons. The molecule has 0 nitrogen and oxygen atoms in total. The van der Waals surface area contributed by atoms with Gasteiger partial charge in [-0.05, 0) is 36.8 Å². The largest absolute Gasteiger partial charge is 0.131 e. The molecule has 0 N–H and O–H groups in total. The van der Waals surface area contributed by atoms with Gasteiger partial charge in [0.05, 0.1) is 0 Å². The summed E-state index contributed by atoms with van der Waals surface area (Å²) in [7, 11) is 3.37. The van der Waals surface area contributed by atoms with Gasteiger partial charge in [0.1, 0.15) is 0 Å². The lowest BCUT2D eigenvalue weighted by atomic mass is 9.77. The first-order valence-corrected chi connectivity index (χ1v) is 13.0. The van der Waals surface area contributed by atoms with Gasteiger partial charge >= 0.3 is 0 Å². The molecule has 0 bridgehead atoms.